The van der Waals surface area contributed by atoms with Crippen molar-refractivity contribution < 1.29 is 19.4 Å². The summed E-state index contributed by atoms with van der Waals surface area (Å²) in [5.74, 6) is -1.63. The first-order valence-corrected chi connectivity index (χ1v) is 7.50. The van der Waals surface area contributed by atoms with Gasteiger partial charge in [0.25, 0.3) is 0 Å². The van der Waals surface area contributed by atoms with E-state index in [1.165, 1.54) is 0 Å². The van der Waals surface area contributed by atoms with Gasteiger partial charge >= 0.3 is 11.9 Å². The van der Waals surface area contributed by atoms with Crippen molar-refractivity contribution in [3.05, 3.63) is 52.7 Å². The lowest BCUT2D eigenvalue weighted by molar-refractivity contribution is 0.0525. The molecule has 1 aromatic carbocycles. The van der Waals surface area contributed by atoms with E-state index < -0.39 is 11.9 Å². The number of aromatic carboxylic acids is 1. The lowest BCUT2D eigenvalue weighted by Gasteiger charge is -2.16. The third-order valence-corrected chi connectivity index (χ3v) is 3.58. The van der Waals surface area contributed by atoms with E-state index in [9.17, 15) is 14.7 Å². The molecule has 23 heavy (non-hydrogen) atoms. The highest BCUT2D eigenvalue weighted by Gasteiger charge is 2.26. The van der Waals surface area contributed by atoms with E-state index >= 15 is 0 Å². The van der Waals surface area contributed by atoms with Crippen LogP contribution >= 0.6 is 0 Å². The Morgan fingerprint density at radius 3 is 2.30 bits per heavy atom. The minimum atomic E-state index is -1.09. The molecule has 0 bridgehead atoms. The van der Waals surface area contributed by atoms with Crippen molar-refractivity contribution >= 4 is 11.9 Å². The topological polar surface area (TPSA) is 76.5 Å². The van der Waals surface area contributed by atoms with Gasteiger partial charge in [0.1, 0.15) is 0 Å². The zero-order valence-corrected chi connectivity index (χ0v) is 13.4. The smallest absolute Gasteiger partial charge is 0.340 e. The van der Waals surface area contributed by atoms with Crippen molar-refractivity contribution in [2.45, 2.75) is 27.2 Å². The summed E-state index contributed by atoms with van der Waals surface area (Å²) in [6.45, 7) is 5.39. The summed E-state index contributed by atoms with van der Waals surface area (Å²) < 4.78 is 5.14. The molecule has 1 aromatic heterocycles. The number of carboxylic acids is 1. The summed E-state index contributed by atoms with van der Waals surface area (Å²) >= 11 is 0. The molecule has 0 aliphatic carbocycles. The summed E-state index contributed by atoms with van der Waals surface area (Å²) in [5.41, 5.74) is 2.39. The lowest BCUT2D eigenvalue weighted by Crippen LogP contribution is -2.17. The Morgan fingerprint density at radius 2 is 1.78 bits per heavy atom. The minimum Gasteiger partial charge on any atom is -0.478 e. The van der Waals surface area contributed by atoms with Crippen LogP contribution in [0.25, 0.3) is 11.3 Å². The largest absolute Gasteiger partial charge is 0.478 e. The third-order valence-electron chi connectivity index (χ3n) is 3.58. The summed E-state index contributed by atoms with van der Waals surface area (Å²) in [5, 5.41) is 9.48. The highest BCUT2D eigenvalue weighted by molar-refractivity contribution is 6.02. The van der Waals surface area contributed by atoms with Gasteiger partial charge in [0.15, 0.2) is 0 Å². The molecule has 0 atom stereocenters. The van der Waals surface area contributed by atoms with Crippen LogP contribution in [-0.4, -0.2) is 28.6 Å². The standard InChI is InChI=1S/C18H19NO4/c1-4-13-14(17(20)21)11(3)19-16(12-9-7-6-8-10-12)15(13)18(22)23-5-2/h6-10H,4-5H2,1-3H3,(H,20,21). The lowest BCUT2D eigenvalue weighted by atomic mass is 9.93. The number of aryl methyl sites for hydroxylation is 1. The van der Waals surface area contributed by atoms with Gasteiger partial charge in [-0.25, -0.2) is 9.59 Å². The fourth-order valence-corrected chi connectivity index (χ4v) is 2.63. The maximum Gasteiger partial charge on any atom is 0.340 e. The van der Waals surface area contributed by atoms with Crippen LogP contribution in [-0.2, 0) is 11.2 Å². The first-order chi connectivity index (χ1) is 11.0. The average molecular weight is 313 g/mol. The van der Waals surface area contributed by atoms with Gasteiger partial charge in [-0.05, 0) is 25.8 Å². The summed E-state index contributed by atoms with van der Waals surface area (Å²) in [7, 11) is 0. The number of carbonyl (C=O) groups is 2. The van der Waals surface area contributed by atoms with E-state index in [4.69, 9.17) is 4.74 Å². The van der Waals surface area contributed by atoms with Crippen LogP contribution in [0.3, 0.4) is 0 Å². The van der Waals surface area contributed by atoms with Crippen LogP contribution < -0.4 is 0 Å². The van der Waals surface area contributed by atoms with E-state index in [-0.39, 0.29) is 17.7 Å². The maximum atomic E-state index is 12.4. The van der Waals surface area contributed by atoms with Crippen molar-refractivity contribution in [1.82, 2.24) is 4.98 Å². The van der Waals surface area contributed by atoms with E-state index in [1.807, 2.05) is 37.3 Å². The number of benzene rings is 1. The fraction of sp³-hybridized carbons (Fsp3) is 0.278. The number of pyridine rings is 1. The molecular weight excluding hydrogens is 294 g/mol. The molecule has 120 valence electrons. The molecule has 1 heterocycles. The monoisotopic (exact) mass is 313 g/mol. The summed E-state index contributed by atoms with van der Waals surface area (Å²) in [6, 6.07) is 9.23. The van der Waals surface area contributed by atoms with Crippen LogP contribution in [0, 0.1) is 6.92 Å². The quantitative estimate of drug-likeness (QED) is 0.855. The molecule has 0 aliphatic heterocycles. The predicted molar refractivity (Wildman–Crippen MR) is 86.7 cm³/mol. The summed E-state index contributed by atoms with van der Waals surface area (Å²) in [4.78, 5) is 28.4. The van der Waals surface area contributed by atoms with Crippen LogP contribution in [0.4, 0.5) is 0 Å². The molecule has 0 fully saturated rings. The van der Waals surface area contributed by atoms with E-state index in [1.54, 1.807) is 13.8 Å². The second-order valence-electron chi connectivity index (χ2n) is 5.02. The molecule has 0 aliphatic rings. The van der Waals surface area contributed by atoms with Gasteiger partial charge in [-0.15, -0.1) is 0 Å². The highest BCUT2D eigenvalue weighted by atomic mass is 16.5. The number of aromatic nitrogens is 1. The van der Waals surface area contributed by atoms with Crippen LogP contribution in [0.5, 0.6) is 0 Å². The van der Waals surface area contributed by atoms with Gasteiger partial charge in [-0.3, -0.25) is 4.98 Å². The molecule has 0 unspecified atom stereocenters. The minimum absolute atomic E-state index is 0.0789. The molecule has 0 saturated heterocycles. The molecule has 1 N–H and O–H groups in total. The van der Waals surface area contributed by atoms with Crippen molar-refractivity contribution in [2.24, 2.45) is 0 Å². The third kappa shape index (κ3) is 3.23. The first-order valence-electron chi connectivity index (χ1n) is 7.50. The van der Waals surface area contributed by atoms with E-state index in [0.717, 1.165) is 5.56 Å². The van der Waals surface area contributed by atoms with Gasteiger partial charge in [0, 0.05) is 5.56 Å². The Labute approximate surface area is 134 Å². The highest BCUT2D eigenvalue weighted by Crippen LogP contribution is 2.29. The maximum absolute atomic E-state index is 12.4. The van der Waals surface area contributed by atoms with Crippen LogP contribution in [0.2, 0.25) is 0 Å². The van der Waals surface area contributed by atoms with Crippen LogP contribution in [0.1, 0.15) is 45.8 Å². The molecule has 0 amide bonds. The SMILES string of the molecule is CCOC(=O)c1c(-c2ccccc2)nc(C)c(C(=O)O)c1CC. The Hall–Kier alpha value is -2.69. The number of hydrogen-bond acceptors (Lipinski definition) is 4. The number of rotatable bonds is 5. The molecular formula is C18H19NO4. The molecule has 0 radical (unpaired) electrons. The van der Waals surface area contributed by atoms with E-state index in [2.05, 4.69) is 4.98 Å². The van der Waals surface area contributed by atoms with Gasteiger partial charge in [0.05, 0.1) is 29.1 Å². The molecule has 2 rings (SSSR count). The number of carbonyl (C=O) groups excluding carboxylic acids is 1. The normalized spacial score (nSPS) is 10.4. The second-order valence-corrected chi connectivity index (χ2v) is 5.02. The number of hydrogen-bond donors (Lipinski definition) is 1. The Bertz CT molecular complexity index is 738. The molecule has 0 spiro atoms. The number of carboxylic acid groups (broad SMARTS) is 1. The summed E-state index contributed by atoms with van der Waals surface area (Å²) in [6.07, 6.45) is 0.402. The van der Waals surface area contributed by atoms with Gasteiger partial charge in [-0.1, -0.05) is 37.3 Å². The molecule has 5 heteroatoms. The Morgan fingerprint density at radius 1 is 1.13 bits per heavy atom. The van der Waals surface area contributed by atoms with Gasteiger partial charge in [0.2, 0.25) is 0 Å². The van der Waals surface area contributed by atoms with Crippen molar-refractivity contribution in [2.75, 3.05) is 6.61 Å². The molecule has 2 aromatic rings. The number of esters is 1. The Kier molecular flexibility index (Phi) is 5.11. The van der Waals surface area contributed by atoms with Crippen molar-refractivity contribution in [3.63, 3.8) is 0 Å². The predicted octanol–water partition coefficient (Wildman–Crippen LogP) is 3.49. The molecule has 5 nitrogen and oxygen atoms in total. The van der Waals surface area contributed by atoms with Gasteiger partial charge < -0.3 is 9.84 Å². The zero-order valence-electron chi connectivity index (χ0n) is 13.4. The second kappa shape index (κ2) is 7.05. The first kappa shape index (κ1) is 16.7. The number of nitrogens with zero attached hydrogens (tertiary/aromatic N) is 1. The zero-order chi connectivity index (χ0) is 17.0. The van der Waals surface area contributed by atoms with Crippen molar-refractivity contribution in [3.8, 4) is 11.3 Å². The molecule has 0 saturated carbocycles. The average Bonchev–Trinajstić information content (AvgIpc) is 2.54. The van der Waals surface area contributed by atoms with E-state index in [0.29, 0.717) is 23.4 Å². The number of ether oxygens (including phenoxy) is 1. The van der Waals surface area contributed by atoms with Crippen LogP contribution in [0.15, 0.2) is 30.3 Å². The Balaban J connectivity index is 2.83. The van der Waals surface area contributed by atoms with Crippen molar-refractivity contribution in [1.29, 1.82) is 0 Å². The van der Waals surface area contributed by atoms with Gasteiger partial charge in [-0.2, -0.15) is 0 Å². The fourth-order valence-electron chi connectivity index (χ4n) is 2.63.